The largest absolute Gasteiger partial charge is 0.312 e. The molecule has 0 bridgehead atoms. The molecule has 0 fully saturated rings. The lowest BCUT2D eigenvalue weighted by atomic mass is 9.90. The van der Waals surface area contributed by atoms with Gasteiger partial charge in [0.05, 0.1) is 5.02 Å². The zero-order valence-electron chi connectivity index (χ0n) is 13.3. The van der Waals surface area contributed by atoms with Gasteiger partial charge in [-0.3, -0.25) is 0 Å². The second kappa shape index (κ2) is 7.42. The molecule has 20 heavy (non-hydrogen) atoms. The lowest BCUT2D eigenvalue weighted by molar-refractivity contribution is 0.331. The lowest BCUT2D eigenvalue weighted by Gasteiger charge is -2.26. The van der Waals surface area contributed by atoms with Gasteiger partial charge in [0.25, 0.3) is 0 Å². The number of nitrogens with one attached hydrogen (secondary N) is 1. The van der Waals surface area contributed by atoms with E-state index in [-0.39, 0.29) is 16.4 Å². The fourth-order valence-electron chi connectivity index (χ4n) is 2.36. The van der Waals surface area contributed by atoms with Gasteiger partial charge in [0, 0.05) is 5.54 Å². The highest BCUT2D eigenvalue weighted by Crippen LogP contribution is 2.21. The zero-order chi connectivity index (χ0) is 15.3. The van der Waals surface area contributed by atoms with Gasteiger partial charge in [0.2, 0.25) is 0 Å². The minimum absolute atomic E-state index is 0.112. The molecule has 114 valence electrons. The summed E-state index contributed by atoms with van der Waals surface area (Å²) in [5.74, 6) is 0.824. The van der Waals surface area contributed by atoms with Crippen LogP contribution in [0.1, 0.15) is 46.6 Å². The number of hydrogen-bond donors (Lipinski definition) is 1. The second-order valence-corrected chi connectivity index (χ2v) is 7.49. The third-order valence-corrected chi connectivity index (χ3v) is 3.54. The predicted molar refractivity (Wildman–Crippen MR) is 85.8 cm³/mol. The van der Waals surface area contributed by atoms with Crippen LogP contribution < -0.4 is 5.32 Å². The van der Waals surface area contributed by atoms with Crippen molar-refractivity contribution in [1.29, 1.82) is 0 Å². The zero-order valence-corrected chi connectivity index (χ0v) is 14.0. The molecule has 0 radical (unpaired) electrons. The molecule has 1 unspecified atom stereocenters. The first kappa shape index (κ1) is 17.5. The highest BCUT2D eigenvalue weighted by atomic mass is 35.5. The summed E-state index contributed by atoms with van der Waals surface area (Å²) in [6, 6.07) is 5.14. The number of benzene rings is 1. The molecule has 1 nitrogen and oxygen atoms in total. The summed E-state index contributed by atoms with van der Waals surface area (Å²) in [5.41, 5.74) is 1.13. The van der Waals surface area contributed by atoms with Crippen LogP contribution in [0.25, 0.3) is 0 Å². The second-order valence-electron chi connectivity index (χ2n) is 7.08. The Hall–Kier alpha value is -0.600. The molecular weight excluding hydrogens is 273 g/mol. The van der Waals surface area contributed by atoms with Crippen LogP contribution in [0.5, 0.6) is 0 Å². The Labute approximate surface area is 127 Å². The number of rotatable bonds is 6. The van der Waals surface area contributed by atoms with Crippen LogP contribution in [-0.2, 0) is 6.42 Å². The molecule has 0 aromatic heterocycles. The van der Waals surface area contributed by atoms with E-state index in [0.29, 0.717) is 11.8 Å². The van der Waals surface area contributed by atoms with Crippen molar-refractivity contribution in [3.63, 3.8) is 0 Å². The van der Waals surface area contributed by atoms with E-state index in [1.54, 1.807) is 12.1 Å². The molecule has 1 N–H and O–H groups in total. The Balaban J connectivity index is 2.70. The van der Waals surface area contributed by atoms with Gasteiger partial charge in [-0.2, -0.15) is 0 Å². The maximum Gasteiger partial charge on any atom is 0.142 e. The summed E-state index contributed by atoms with van der Waals surface area (Å²) < 4.78 is 13.5. The quantitative estimate of drug-likeness (QED) is 0.773. The first-order valence-electron chi connectivity index (χ1n) is 7.36. The third kappa shape index (κ3) is 6.71. The van der Waals surface area contributed by atoms with Gasteiger partial charge < -0.3 is 5.32 Å². The minimum atomic E-state index is -0.323. The summed E-state index contributed by atoms with van der Waals surface area (Å²) in [4.78, 5) is 0. The van der Waals surface area contributed by atoms with Crippen molar-refractivity contribution in [3.05, 3.63) is 34.6 Å². The van der Waals surface area contributed by atoms with Crippen LogP contribution in [-0.4, -0.2) is 12.1 Å². The molecule has 1 atom stereocenters. The van der Waals surface area contributed by atoms with Crippen LogP contribution in [0.15, 0.2) is 18.2 Å². The molecule has 0 amide bonds. The molecule has 3 heteroatoms. The van der Waals surface area contributed by atoms with Gasteiger partial charge in [-0.15, -0.1) is 0 Å². The van der Waals surface area contributed by atoms with Gasteiger partial charge in [0.1, 0.15) is 5.82 Å². The van der Waals surface area contributed by atoms with Crippen LogP contribution >= 0.6 is 11.6 Å². The number of hydrogen-bond acceptors (Lipinski definition) is 1. The van der Waals surface area contributed by atoms with E-state index in [2.05, 4.69) is 39.9 Å². The van der Waals surface area contributed by atoms with Crippen molar-refractivity contribution in [2.75, 3.05) is 6.54 Å². The number of halogens is 2. The van der Waals surface area contributed by atoms with Gasteiger partial charge in [-0.25, -0.2) is 4.39 Å². The molecule has 0 aliphatic rings. The van der Waals surface area contributed by atoms with Crippen LogP contribution in [0.4, 0.5) is 4.39 Å². The fourth-order valence-corrected chi connectivity index (χ4v) is 2.47. The molecule has 1 rings (SSSR count). The normalized spacial score (nSPS) is 13.8. The Morgan fingerprint density at radius 3 is 2.40 bits per heavy atom. The highest BCUT2D eigenvalue weighted by Gasteiger charge is 2.16. The van der Waals surface area contributed by atoms with Crippen molar-refractivity contribution in [2.24, 2.45) is 11.8 Å². The monoisotopic (exact) mass is 299 g/mol. The molecule has 0 heterocycles. The van der Waals surface area contributed by atoms with E-state index in [1.807, 2.05) is 6.07 Å². The molecule has 0 aliphatic heterocycles. The lowest BCUT2D eigenvalue weighted by Crippen LogP contribution is -2.39. The average Bonchev–Trinajstić information content (AvgIpc) is 2.29. The maximum absolute atomic E-state index is 13.5. The van der Waals surface area contributed by atoms with Crippen LogP contribution in [0.3, 0.4) is 0 Å². The van der Waals surface area contributed by atoms with Gasteiger partial charge in [0.15, 0.2) is 0 Å². The smallest absolute Gasteiger partial charge is 0.142 e. The summed E-state index contributed by atoms with van der Waals surface area (Å²) >= 11 is 5.74. The van der Waals surface area contributed by atoms with Crippen LogP contribution in [0.2, 0.25) is 5.02 Å². The van der Waals surface area contributed by atoms with Crippen molar-refractivity contribution < 1.29 is 4.39 Å². The summed E-state index contributed by atoms with van der Waals surface area (Å²) in [6.07, 6.45) is 2.02. The molecule has 1 aromatic rings. The van der Waals surface area contributed by atoms with Gasteiger partial charge in [-0.1, -0.05) is 31.5 Å². The Bertz CT molecular complexity index is 423. The fraction of sp³-hybridized carbons (Fsp3) is 0.647. The highest BCUT2D eigenvalue weighted by molar-refractivity contribution is 6.30. The van der Waals surface area contributed by atoms with Crippen molar-refractivity contribution >= 4 is 11.6 Å². The maximum atomic E-state index is 13.5. The molecular formula is C17H27ClFN. The summed E-state index contributed by atoms with van der Waals surface area (Å²) in [6.45, 7) is 11.9. The van der Waals surface area contributed by atoms with E-state index in [4.69, 9.17) is 11.6 Å². The Kier molecular flexibility index (Phi) is 6.47. The Morgan fingerprint density at radius 1 is 1.25 bits per heavy atom. The molecule has 0 saturated heterocycles. The van der Waals surface area contributed by atoms with Gasteiger partial charge >= 0.3 is 0 Å². The van der Waals surface area contributed by atoms with Gasteiger partial charge in [-0.05, 0) is 69.7 Å². The molecule has 0 spiro atoms. The summed E-state index contributed by atoms with van der Waals surface area (Å²) in [7, 11) is 0. The molecule has 0 aliphatic carbocycles. The first-order valence-corrected chi connectivity index (χ1v) is 7.74. The SMILES string of the molecule is CC(C)CC(CNC(C)(C)C)Cc1ccc(Cl)c(F)c1. The standard InChI is InChI=1S/C17H27ClFN/c1-12(2)8-14(11-20-17(3,4)5)9-13-6-7-15(18)16(19)10-13/h6-7,10,12,14,20H,8-9,11H2,1-5H3. The molecule has 0 saturated carbocycles. The van der Waals surface area contributed by atoms with E-state index < -0.39 is 0 Å². The third-order valence-electron chi connectivity index (χ3n) is 3.23. The topological polar surface area (TPSA) is 12.0 Å². The van der Waals surface area contributed by atoms with E-state index in [1.165, 1.54) is 0 Å². The summed E-state index contributed by atoms with van der Waals surface area (Å²) in [5, 5.41) is 3.75. The van der Waals surface area contributed by atoms with Crippen molar-refractivity contribution in [3.8, 4) is 0 Å². The van der Waals surface area contributed by atoms with Crippen LogP contribution in [0, 0.1) is 17.7 Å². The van der Waals surface area contributed by atoms with Crippen molar-refractivity contribution in [2.45, 2.75) is 53.0 Å². The first-order chi connectivity index (χ1) is 9.17. The molecule has 1 aromatic carbocycles. The van der Waals surface area contributed by atoms with E-state index in [0.717, 1.165) is 24.9 Å². The van der Waals surface area contributed by atoms with E-state index >= 15 is 0 Å². The average molecular weight is 300 g/mol. The van der Waals surface area contributed by atoms with E-state index in [9.17, 15) is 4.39 Å². The predicted octanol–water partition coefficient (Wildman–Crippen LogP) is 5.07. The van der Waals surface area contributed by atoms with Crippen molar-refractivity contribution in [1.82, 2.24) is 5.32 Å². The Morgan fingerprint density at radius 2 is 1.90 bits per heavy atom. The minimum Gasteiger partial charge on any atom is -0.312 e.